The summed E-state index contributed by atoms with van der Waals surface area (Å²) >= 11 is 0. The largest absolute Gasteiger partial charge is 0.270 e. The summed E-state index contributed by atoms with van der Waals surface area (Å²) in [4.78, 5) is 0. The molecule has 0 aliphatic heterocycles. The smallest absolute Gasteiger partial charge is 0.267 e. The van der Waals surface area contributed by atoms with Crippen molar-refractivity contribution >= 4 is 30.0 Å². The summed E-state index contributed by atoms with van der Waals surface area (Å²) in [5, 5.41) is 0. The minimum atomic E-state index is -3.38. The predicted molar refractivity (Wildman–Crippen MR) is 134 cm³/mol. The number of hydrogen-bond acceptors (Lipinski definition) is 3. The molecule has 0 N–H and O–H groups in total. The van der Waals surface area contributed by atoms with Crippen molar-refractivity contribution in [3.63, 3.8) is 0 Å². The highest BCUT2D eigenvalue weighted by atomic mass is 35.7. The highest BCUT2D eigenvalue weighted by molar-refractivity contribution is 8.51. The number of rotatable bonds is 22. The monoisotopic (exact) mass is 472 g/mol. The minimum Gasteiger partial charge on any atom is -0.270 e. The van der Waals surface area contributed by atoms with E-state index in [1.54, 1.807) is 0 Å². The van der Waals surface area contributed by atoms with Gasteiger partial charge in [-0.25, -0.2) is 0 Å². The highest BCUT2D eigenvalue weighted by Crippen LogP contribution is 2.52. The Kier molecular flexibility index (Phi) is 19.6. The molecule has 178 valence electrons. The molecule has 0 saturated carbocycles. The summed E-state index contributed by atoms with van der Waals surface area (Å²) in [6.07, 6.45) is 18.7. The Balaban J connectivity index is 3.44. The van der Waals surface area contributed by atoms with Crippen LogP contribution in [0, 0.1) is 0 Å². The van der Waals surface area contributed by atoms with Gasteiger partial charge in [0.15, 0.2) is 0 Å². The Labute approximate surface area is 189 Å². The molecule has 3 nitrogen and oxygen atoms in total. The van der Waals surface area contributed by atoms with Crippen molar-refractivity contribution in [1.82, 2.24) is 0 Å². The lowest BCUT2D eigenvalue weighted by atomic mass is 10.0. The zero-order valence-electron chi connectivity index (χ0n) is 19.6. The van der Waals surface area contributed by atoms with Crippen LogP contribution in [0.25, 0.3) is 0 Å². The molecule has 0 spiro atoms. The lowest BCUT2D eigenvalue weighted by molar-refractivity contribution is 0.306. The fourth-order valence-electron chi connectivity index (χ4n) is 3.53. The van der Waals surface area contributed by atoms with Gasteiger partial charge >= 0.3 is 0 Å². The molecule has 0 radical (unpaired) electrons. The summed E-state index contributed by atoms with van der Waals surface area (Å²) in [5.74, 6) is 2.81. The summed E-state index contributed by atoms with van der Waals surface area (Å²) in [7, 11) is 2.01. The summed E-state index contributed by atoms with van der Waals surface area (Å²) in [6, 6.07) is 0. The highest BCUT2D eigenvalue weighted by Gasteiger charge is 2.18. The molecule has 0 aromatic rings. The molecule has 0 saturated heterocycles. The van der Waals surface area contributed by atoms with E-state index in [-0.39, 0.29) is 5.75 Å². The number of unbranched alkanes of at least 4 members (excludes halogenated alkanes) is 13. The van der Waals surface area contributed by atoms with E-state index >= 15 is 0 Å². The minimum absolute atomic E-state index is 0.104. The third kappa shape index (κ3) is 19.0. The zero-order valence-corrected chi connectivity index (χ0v) is 22.0. The standard InChI is InChI=1S/C23H49ClO3S2/c1-4-7-8-9-10-11-12-13-14-15-16-17-18-19-21-27-29(25,26)23-20-22-28(24,5-2)6-3/h4-23H2,1-3H3. The molecule has 0 aliphatic rings. The maximum absolute atomic E-state index is 12.0. The second-order valence-electron chi connectivity index (χ2n) is 8.25. The van der Waals surface area contributed by atoms with Gasteiger partial charge in [0.1, 0.15) is 0 Å². The second-order valence-corrected chi connectivity index (χ2v) is 15.4. The first kappa shape index (κ1) is 29.5. The molecule has 0 atom stereocenters. The van der Waals surface area contributed by atoms with Crippen molar-refractivity contribution in [3.05, 3.63) is 0 Å². The molecule has 0 rings (SSSR count). The van der Waals surface area contributed by atoms with E-state index in [4.69, 9.17) is 14.9 Å². The first-order valence-corrected chi connectivity index (χ1v) is 16.8. The average molecular weight is 473 g/mol. The van der Waals surface area contributed by atoms with E-state index in [0.717, 1.165) is 30.1 Å². The molecule has 0 aliphatic carbocycles. The molecule has 0 aromatic heterocycles. The molecule has 29 heavy (non-hydrogen) atoms. The van der Waals surface area contributed by atoms with Gasteiger partial charge in [-0.15, -0.1) is 0 Å². The van der Waals surface area contributed by atoms with Crippen LogP contribution in [0.1, 0.15) is 117 Å². The van der Waals surface area contributed by atoms with Crippen LogP contribution in [0.5, 0.6) is 0 Å². The van der Waals surface area contributed by atoms with E-state index in [0.29, 0.717) is 13.0 Å². The lowest BCUT2D eigenvalue weighted by Crippen LogP contribution is -2.14. The van der Waals surface area contributed by atoms with Crippen LogP contribution in [0.4, 0.5) is 0 Å². The maximum atomic E-state index is 12.0. The normalized spacial score (nSPS) is 13.1. The van der Waals surface area contributed by atoms with Gasteiger partial charge in [-0.2, -0.15) is 17.7 Å². The van der Waals surface area contributed by atoms with Crippen LogP contribution in [-0.2, 0) is 14.3 Å². The Morgan fingerprint density at radius 1 is 0.586 bits per heavy atom. The first-order chi connectivity index (χ1) is 13.9. The van der Waals surface area contributed by atoms with E-state index < -0.39 is 19.4 Å². The third-order valence-electron chi connectivity index (χ3n) is 5.70. The SMILES string of the molecule is CCCCCCCCCCCCCCCCOS(=O)(=O)CCCS(Cl)(CC)CC. The van der Waals surface area contributed by atoms with Gasteiger partial charge in [-0.3, -0.25) is 4.18 Å². The molecular formula is C23H49ClO3S2. The Hall–Kier alpha value is 0.550. The molecule has 0 amide bonds. The molecule has 0 aromatic carbocycles. The fourth-order valence-corrected chi connectivity index (χ4v) is 6.67. The fraction of sp³-hybridized carbons (Fsp3) is 1.00. The third-order valence-corrected chi connectivity index (χ3v) is 11.9. The first-order valence-electron chi connectivity index (χ1n) is 12.2. The van der Waals surface area contributed by atoms with Crippen molar-refractivity contribution in [2.45, 2.75) is 117 Å². The molecule has 0 unspecified atom stereocenters. The summed E-state index contributed by atoms with van der Waals surface area (Å²) in [5.41, 5.74) is 0. The Morgan fingerprint density at radius 3 is 1.41 bits per heavy atom. The zero-order chi connectivity index (χ0) is 21.8. The van der Waals surface area contributed by atoms with Gasteiger partial charge in [0, 0.05) is 0 Å². The lowest BCUT2D eigenvalue weighted by Gasteiger charge is -2.29. The Morgan fingerprint density at radius 2 is 1.00 bits per heavy atom. The van der Waals surface area contributed by atoms with Gasteiger partial charge < -0.3 is 0 Å². The molecule has 0 bridgehead atoms. The molecule has 0 heterocycles. The summed E-state index contributed by atoms with van der Waals surface area (Å²) in [6.45, 7) is 6.78. The van der Waals surface area contributed by atoms with E-state index in [2.05, 4.69) is 20.8 Å². The van der Waals surface area contributed by atoms with Crippen molar-refractivity contribution in [1.29, 1.82) is 0 Å². The van der Waals surface area contributed by atoms with Gasteiger partial charge in [0.25, 0.3) is 10.1 Å². The number of hydrogen-bond donors (Lipinski definition) is 0. The molecule has 6 heteroatoms. The summed E-state index contributed by atoms with van der Waals surface area (Å²) < 4.78 is 29.1. The quantitative estimate of drug-likeness (QED) is 0.118. The second kappa shape index (κ2) is 19.3. The van der Waals surface area contributed by atoms with Crippen LogP contribution in [0.15, 0.2) is 0 Å². The average Bonchev–Trinajstić information content (AvgIpc) is 2.70. The topological polar surface area (TPSA) is 43.4 Å². The van der Waals surface area contributed by atoms with Gasteiger partial charge in [0.05, 0.1) is 12.4 Å². The van der Waals surface area contributed by atoms with Crippen molar-refractivity contribution < 1.29 is 12.6 Å². The van der Waals surface area contributed by atoms with E-state index in [1.165, 1.54) is 77.0 Å². The molecule has 0 fully saturated rings. The van der Waals surface area contributed by atoms with Crippen LogP contribution < -0.4 is 0 Å². The van der Waals surface area contributed by atoms with Crippen LogP contribution >= 0.6 is 19.9 Å². The van der Waals surface area contributed by atoms with Gasteiger partial charge in [-0.1, -0.05) is 115 Å². The van der Waals surface area contributed by atoms with E-state index in [1.807, 2.05) is 0 Å². The maximum Gasteiger partial charge on any atom is 0.267 e. The van der Waals surface area contributed by atoms with Gasteiger partial charge in [-0.05, 0) is 30.1 Å². The van der Waals surface area contributed by atoms with Crippen LogP contribution in [0.3, 0.4) is 0 Å². The van der Waals surface area contributed by atoms with Crippen molar-refractivity contribution in [2.75, 3.05) is 29.6 Å². The van der Waals surface area contributed by atoms with Crippen molar-refractivity contribution in [2.24, 2.45) is 0 Å². The van der Waals surface area contributed by atoms with Crippen molar-refractivity contribution in [3.8, 4) is 0 Å². The van der Waals surface area contributed by atoms with Crippen LogP contribution in [-0.4, -0.2) is 38.0 Å². The molecular weight excluding hydrogens is 424 g/mol. The van der Waals surface area contributed by atoms with Crippen LogP contribution in [0.2, 0.25) is 0 Å². The Bertz CT molecular complexity index is 451. The van der Waals surface area contributed by atoms with E-state index in [9.17, 15) is 8.42 Å². The van der Waals surface area contributed by atoms with Gasteiger partial charge in [0.2, 0.25) is 0 Å². The predicted octanol–water partition coefficient (Wildman–Crippen LogP) is 8.20. The number of halogens is 1.